The Kier molecular flexibility index (Phi) is 5.30. The lowest BCUT2D eigenvalue weighted by molar-refractivity contribution is -0.117. The van der Waals surface area contributed by atoms with Crippen LogP contribution in [0.25, 0.3) is 0 Å². The highest BCUT2D eigenvalue weighted by molar-refractivity contribution is 5.96. The molecule has 1 aromatic carbocycles. The fraction of sp³-hybridized carbons (Fsp3) is 0.600. The number of rotatable bonds is 3. The average molecular weight is 343 g/mol. The molecule has 5 nitrogen and oxygen atoms in total. The van der Waals surface area contributed by atoms with E-state index in [0.29, 0.717) is 18.9 Å². The van der Waals surface area contributed by atoms with Crippen molar-refractivity contribution in [3.63, 3.8) is 0 Å². The van der Waals surface area contributed by atoms with Crippen molar-refractivity contribution >= 4 is 17.6 Å². The molecule has 25 heavy (non-hydrogen) atoms. The second-order valence-electron chi connectivity index (χ2n) is 7.66. The lowest BCUT2D eigenvalue weighted by Crippen LogP contribution is -2.49. The molecule has 0 unspecified atom stereocenters. The van der Waals surface area contributed by atoms with Crippen LogP contribution in [0.1, 0.15) is 50.2 Å². The number of aryl methyl sites for hydroxylation is 2. The molecule has 0 bridgehead atoms. The molecule has 1 aliphatic heterocycles. The van der Waals surface area contributed by atoms with Crippen LogP contribution >= 0.6 is 0 Å². The molecule has 1 aliphatic carbocycles. The zero-order valence-electron chi connectivity index (χ0n) is 15.5. The molecule has 0 aromatic heterocycles. The van der Waals surface area contributed by atoms with Crippen molar-refractivity contribution in [1.82, 2.24) is 10.6 Å². The first-order valence-corrected chi connectivity index (χ1v) is 9.38. The number of hydrogen-bond donors (Lipinski definition) is 2. The maximum absolute atomic E-state index is 12.4. The lowest BCUT2D eigenvalue weighted by atomic mass is 9.86. The van der Waals surface area contributed by atoms with Gasteiger partial charge in [0.1, 0.15) is 0 Å². The molecular formula is C20H29N3O2. The second-order valence-corrected chi connectivity index (χ2v) is 7.66. The number of anilines is 1. The zero-order valence-corrected chi connectivity index (χ0v) is 15.5. The van der Waals surface area contributed by atoms with Gasteiger partial charge in [-0.3, -0.25) is 4.79 Å². The molecule has 3 amide bonds. The van der Waals surface area contributed by atoms with Crippen molar-refractivity contribution in [2.75, 3.05) is 11.4 Å². The summed E-state index contributed by atoms with van der Waals surface area (Å²) in [6.07, 6.45) is 5.02. The number of carbonyl (C=O) groups excluding carboxylic acids is 2. The van der Waals surface area contributed by atoms with Gasteiger partial charge in [0.25, 0.3) is 0 Å². The molecule has 1 aromatic rings. The Balaban J connectivity index is 1.56. The van der Waals surface area contributed by atoms with Crippen molar-refractivity contribution in [2.24, 2.45) is 5.92 Å². The van der Waals surface area contributed by atoms with Gasteiger partial charge in [-0.05, 0) is 55.9 Å². The minimum Gasteiger partial charge on any atom is -0.335 e. The highest BCUT2D eigenvalue weighted by atomic mass is 16.2. The van der Waals surface area contributed by atoms with Gasteiger partial charge in [0.2, 0.25) is 5.91 Å². The van der Waals surface area contributed by atoms with Gasteiger partial charge in [-0.15, -0.1) is 0 Å². The van der Waals surface area contributed by atoms with Crippen LogP contribution < -0.4 is 15.5 Å². The van der Waals surface area contributed by atoms with Gasteiger partial charge in [-0.25, -0.2) is 4.79 Å². The van der Waals surface area contributed by atoms with Crippen molar-refractivity contribution in [2.45, 2.75) is 65.0 Å². The van der Waals surface area contributed by atoms with Crippen LogP contribution in [0.4, 0.5) is 10.5 Å². The first kappa shape index (κ1) is 17.8. The van der Waals surface area contributed by atoms with Gasteiger partial charge in [0.15, 0.2) is 0 Å². The van der Waals surface area contributed by atoms with Gasteiger partial charge in [0.05, 0.1) is 6.04 Å². The summed E-state index contributed by atoms with van der Waals surface area (Å²) in [6, 6.07) is 6.04. The van der Waals surface area contributed by atoms with Crippen LogP contribution in [0.5, 0.6) is 0 Å². The molecule has 2 N–H and O–H groups in total. The third-order valence-corrected chi connectivity index (χ3v) is 5.69. The van der Waals surface area contributed by atoms with E-state index in [4.69, 9.17) is 0 Å². The lowest BCUT2D eigenvalue weighted by Gasteiger charge is -2.30. The Labute approximate surface area is 150 Å². The molecule has 3 atom stereocenters. The Morgan fingerprint density at radius 3 is 2.60 bits per heavy atom. The van der Waals surface area contributed by atoms with E-state index >= 15 is 0 Å². The van der Waals surface area contributed by atoms with Crippen molar-refractivity contribution < 1.29 is 9.59 Å². The summed E-state index contributed by atoms with van der Waals surface area (Å²) in [7, 11) is 0. The Morgan fingerprint density at radius 2 is 1.88 bits per heavy atom. The topological polar surface area (TPSA) is 61.4 Å². The van der Waals surface area contributed by atoms with E-state index in [9.17, 15) is 9.59 Å². The smallest absolute Gasteiger partial charge is 0.315 e. The van der Waals surface area contributed by atoms with E-state index in [1.54, 1.807) is 4.90 Å². The third-order valence-electron chi connectivity index (χ3n) is 5.69. The van der Waals surface area contributed by atoms with Crippen molar-refractivity contribution in [1.29, 1.82) is 0 Å². The standard InChI is InChI=1S/C20H29N3O2/c1-13-8-9-17(10-15(13)3)23-12-16(11-19(23)24)21-20(25)22-18-7-5-4-6-14(18)2/h8-10,14,16,18H,4-7,11-12H2,1-3H3,(H2,21,22,25)/t14-,16+,18-/m0/s1. The zero-order chi connectivity index (χ0) is 18.0. The fourth-order valence-electron chi connectivity index (χ4n) is 3.87. The molecule has 1 saturated carbocycles. The molecule has 1 saturated heterocycles. The summed E-state index contributed by atoms with van der Waals surface area (Å²) in [4.78, 5) is 26.4. The fourth-order valence-corrected chi connectivity index (χ4v) is 3.87. The van der Waals surface area contributed by atoms with Crippen LogP contribution in [0, 0.1) is 19.8 Å². The van der Waals surface area contributed by atoms with Crippen LogP contribution in [0.2, 0.25) is 0 Å². The summed E-state index contributed by atoms with van der Waals surface area (Å²) in [5, 5.41) is 6.09. The predicted molar refractivity (Wildman–Crippen MR) is 99.8 cm³/mol. The summed E-state index contributed by atoms with van der Waals surface area (Å²) in [5.41, 5.74) is 3.30. The molecule has 1 heterocycles. The number of nitrogens with zero attached hydrogens (tertiary/aromatic N) is 1. The minimum atomic E-state index is -0.140. The Morgan fingerprint density at radius 1 is 1.12 bits per heavy atom. The average Bonchev–Trinajstić information content (AvgIpc) is 2.92. The molecule has 5 heteroatoms. The van der Waals surface area contributed by atoms with Gasteiger partial charge in [0, 0.05) is 24.7 Å². The number of urea groups is 1. The van der Waals surface area contributed by atoms with Crippen LogP contribution in [0.3, 0.4) is 0 Å². The SMILES string of the molecule is Cc1ccc(N2C[C@H](NC(=O)N[C@H]3CCCC[C@@H]3C)CC2=O)cc1C. The normalized spacial score (nSPS) is 26.6. The number of hydrogen-bond acceptors (Lipinski definition) is 2. The molecule has 2 fully saturated rings. The first-order valence-electron chi connectivity index (χ1n) is 9.38. The summed E-state index contributed by atoms with van der Waals surface area (Å²) >= 11 is 0. The summed E-state index contributed by atoms with van der Waals surface area (Å²) < 4.78 is 0. The minimum absolute atomic E-state index is 0.0691. The van der Waals surface area contributed by atoms with E-state index in [1.165, 1.54) is 30.4 Å². The highest BCUT2D eigenvalue weighted by Gasteiger charge is 2.32. The van der Waals surface area contributed by atoms with E-state index in [-0.39, 0.29) is 24.0 Å². The molecule has 136 valence electrons. The summed E-state index contributed by atoms with van der Waals surface area (Å²) in [5.74, 6) is 0.594. The third kappa shape index (κ3) is 4.14. The van der Waals surface area contributed by atoms with E-state index in [1.807, 2.05) is 25.1 Å². The van der Waals surface area contributed by atoms with Crippen LogP contribution in [-0.2, 0) is 4.79 Å². The number of nitrogens with one attached hydrogen (secondary N) is 2. The monoisotopic (exact) mass is 343 g/mol. The molecule has 2 aliphatic rings. The second kappa shape index (κ2) is 7.46. The summed E-state index contributed by atoms with van der Waals surface area (Å²) in [6.45, 7) is 6.85. The maximum Gasteiger partial charge on any atom is 0.315 e. The molecular weight excluding hydrogens is 314 g/mol. The number of amides is 3. The molecule has 0 radical (unpaired) electrons. The van der Waals surface area contributed by atoms with Gasteiger partial charge >= 0.3 is 6.03 Å². The van der Waals surface area contributed by atoms with Gasteiger partial charge < -0.3 is 15.5 Å². The predicted octanol–water partition coefficient (Wildman–Crippen LogP) is 3.29. The van der Waals surface area contributed by atoms with Crippen molar-refractivity contribution in [3.05, 3.63) is 29.3 Å². The van der Waals surface area contributed by atoms with Crippen LogP contribution in [0.15, 0.2) is 18.2 Å². The first-order chi connectivity index (χ1) is 11.9. The van der Waals surface area contributed by atoms with Crippen molar-refractivity contribution in [3.8, 4) is 0 Å². The quantitative estimate of drug-likeness (QED) is 0.885. The van der Waals surface area contributed by atoms with E-state index in [2.05, 4.69) is 24.5 Å². The number of carbonyl (C=O) groups is 2. The Bertz CT molecular complexity index is 658. The van der Waals surface area contributed by atoms with Crippen LogP contribution in [-0.4, -0.2) is 30.6 Å². The largest absolute Gasteiger partial charge is 0.335 e. The highest BCUT2D eigenvalue weighted by Crippen LogP contribution is 2.25. The molecule has 3 rings (SSSR count). The van der Waals surface area contributed by atoms with Gasteiger partial charge in [-0.1, -0.05) is 25.8 Å². The molecule has 0 spiro atoms. The van der Waals surface area contributed by atoms with E-state index in [0.717, 1.165) is 12.1 Å². The Hall–Kier alpha value is -2.04. The van der Waals surface area contributed by atoms with Gasteiger partial charge in [-0.2, -0.15) is 0 Å². The van der Waals surface area contributed by atoms with E-state index < -0.39 is 0 Å². The maximum atomic E-state index is 12.4. The number of benzene rings is 1.